The third-order valence-corrected chi connectivity index (χ3v) is 5.90. The summed E-state index contributed by atoms with van der Waals surface area (Å²) in [6.07, 6.45) is 0.889. The molecule has 2 bridgehead atoms. The van der Waals surface area contributed by atoms with Crippen LogP contribution in [0, 0.1) is 5.92 Å². The topological polar surface area (TPSA) is 49.8 Å². The fourth-order valence-corrected chi connectivity index (χ4v) is 4.34. The van der Waals surface area contributed by atoms with Crippen LogP contribution in [0.25, 0.3) is 0 Å². The van der Waals surface area contributed by atoms with E-state index in [1.807, 2.05) is 19.2 Å². The summed E-state index contributed by atoms with van der Waals surface area (Å²) in [4.78, 5) is 14.5. The molecule has 1 N–H and O–H groups in total. The highest BCUT2D eigenvalue weighted by Gasteiger charge is 2.53. The number of benzene rings is 1. The van der Waals surface area contributed by atoms with E-state index in [1.54, 1.807) is 6.07 Å². The molecule has 0 amide bonds. The average molecular weight is 344 g/mol. The molecule has 4 nitrogen and oxygen atoms in total. The molecule has 120 valence electrons. The predicted octanol–water partition coefficient (Wildman–Crippen LogP) is 2.70. The Kier molecular flexibility index (Phi) is 4.38. The lowest BCUT2D eigenvalue weighted by Gasteiger charge is -2.41. The van der Waals surface area contributed by atoms with Crippen LogP contribution in [0.4, 0.5) is 0 Å². The highest BCUT2D eigenvalue weighted by Crippen LogP contribution is 2.47. The Hall–Kier alpha value is -0.810. The van der Waals surface area contributed by atoms with Crippen molar-refractivity contribution in [1.29, 1.82) is 0 Å². The summed E-state index contributed by atoms with van der Waals surface area (Å²) in [5, 5.41) is 11.2. The molecule has 1 aromatic rings. The molecule has 0 aromatic heterocycles. The van der Waals surface area contributed by atoms with Gasteiger partial charge in [-0.1, -0.05) is 29.3 Å². The van der Waals surface area contributed by atoms with Crippen LogP contribution in [0.1, 0.15) is 24.3 Å². The molecular weight excluding hydrogens is 325 g/mol. The van der Waals surface area contributed by atoms with Crippen molar-refractivity contribution in [2.75, 3.05) is 14.2 Å². The van der Waals surface area contributed by atoms with Crippen molar-refractivity contribution in [3.63, 3.8) is 0 Å². The number of likely N-dealkylation sites (N-methyl/N-ethyl adjacent to an activating group) is 1. The molecule has 2 fully saturated rings. The monoisotopic (exact) mass is 343 g/mol. The van der Waals surface area contributed by atoms with E-state index in [2.05, 4.69) is 4.90 Å². The van der Waals surface area contributed by atoms with Crippen molar-refractivity contribution in [3.05, 3.63) is 33.8 Å². The van der Waals surface area contributed by atoms with Crippen LogP contribution >= 0.6 is 23.2 Å². The number of carbonyl (C=O) groups is 1. The van der Waals surface area contributed by atoms with Gasteiger partial charge in [0, 0.05) is 18.0 Å². The molecule has 1 aromatic carbocycles. The summed E-state index contributed by atoms with van der Waals surface area (Å²) < 4.78 is 5.02. The van der Waals surface area contributed by atoms with Gasteiger partial charge in [0.1, 0.15) is 0 Å². The van der Waals surface area contributed by atoms with E-state index < -0.39 is 6.10 Å². The van der Waals surface area contributed by atoms with Crippen molar-refractivity contribution in [1.82, 2.24) is 4.90 Å². The number of ether oxygens (including phenoxy) is 1. The zero-order valence-corrected chi connectivity index (χ0v) is 14.0. The quantitative estimate of drug-likeness (QED) is 0.838. The summed E-state index contributed by atoms with van der Waals surface area (Å²) in [5.74, 6) is -0.563. The Morgan fingerprint density at radius 2 is 2.00 bits per heavy atom. The third-order valence-electron chi connectivity index (χ3n) is 5.16. The van der Waals surface area contributed by atoms with E-state index in [4.69, 9.17) is 27.9 Å². The Labute approximate surface area is 140 Å². The van der Waals surface area contributed by atoms with Crippen molar-refractivity contribution < 1.29 is 14.6 Å². The molecule has 0 radical (unpaired) electrons. The third kappa shape index (κ3) is 2.52. The number of carbonyl (C=O) groups excluding carboxylic acids is 1. The first-order valence-electron chi connectivity index (χ1n) is 7.36. The van der Waals surface area contributed by atoms with Crippen molar-refractivity contribution >= 4 is 29.2 Å². The lowest BCUT2D eigenvalue weighted by molar-refractivity contribution is -0.150. The van der Waals surface area contributed by atoms with Crippen LogP contribution < -0.4 is 0 Å². The van der Waals surface area contributed by atoms with E-state index in [0.29, 0.717) is 22.9 Å². The number of hydrogen-bond donors (Lipinski definition) is 1. The van der Waals surface area contributed by atoms with E-state index in [-0.39, 0.29) is 29.9 Å². The van der Waals surface area contributed by atoms with Crippen molar-refractivity contribution in [3.8, 4) is 0 Å². The van der Waals surface area contributed by atoms with Crippen LogP contribution in [0.5, 0.6) is 0 Å². The fourth-order valence-electron chi connectivity index (χ4n) is 4.03. The van der Waals surface area contributed by atoms with Gasteiger partial charge in [0.15, 0.2) is 0 Å². The number of hydrogen-bond acceptors (Lipinski definition) is 4. The minimum absolute atomic E-state index is 0.0133. The molecule has 2 aliphatic rings. The van der Waals surface area contributed by atoms with Crippen LogP contribution in [0.15, 0.2) is 18.2 Å². The maximum atomic E-state index is 12.4. The number of piperidine rings is 1. The van der Waals surface area contributed by atoms with Gasteiger partial charge in [-0.25, -0.2) is 0 Å². The zero-order chi connectivity index (χ0) is 16.0. The van der Waals surface area contributed by atoms with Crippen LogP contribution in [0.2, 0.25) is 10.0 Å². The number of esters is 1. The van der Waals surface area contributed by atoms with Crippen LogP contribution in [-0.2, 0) is 9.53 Å². The maximum Gasteiger partial charge on any atom is 0.310 e. The van der Waals surface area contributed by atoms with Gasteiger partial charge in [-0.3, -0.25) is 9.69 Å². The SMILES string of the molecule is COC(=O)[C@H]1[C@@H](c2ccc(Cl)c(Cl)c2)C[C@H]2[C@@H](O)C[C@H]1N2C. The molecule has 5 atom stereocenters. The van der Waals surface area contributed by atoms with E-state index in [9.17, 15) is 9.90 Å². The van der Waals surface area contributed by atoms with Gasteiger partial charge < -0.3 is 9.84 Å². The minimum atomic E-state index is -0.407. The second-order valence-electron chi connectivity index (χ2n) is 6.17. The number of nitrogens with zero attached hydrogens (tertiary/aromatic N) is 1. The molecule has 0 saturated carbocycles. The zero-order valence-electron chi connectivity index (χ0n) is 12.5. The lowest BCUT2D eigenvalue weighted by atomic mass is 9.76. The normalized spacial score (nSPS) is 34.7. The number of aliphatic hydroxyl groups excluding tert-OH is 1. The highest BCUT2D eigenvalue weighted by molar-refractivity contribution is 6.42. The van der Waals surface area contributed by atoms with Gasteiger partial charge >= 0.3 is 5.97 Å². The van der Waals surface area contributed by atoms with Crippen molar-refractivity contribution in [2.24, 2.45) is 5.92 Å². The molecular formula is C16H19Cl2NO3. The molecule has 22 heavy (non-hydrogen) atoms. The fraction of sp³-hybridized carbons (Fsp3) is 0.562. The number of rotatable bonds is 2. The second-order valence-corrected chi connectivity index (χ2v) is 6.98. The molecule has 3 rings (SSSR count). The van der Waals surface area contributed by atoms with E-state index in [1.165, 1.54) is 7.11 Å². The maximum absolute atomic E-state index is 12.4. The number of halogens is 2. The summed E-state index contributed by atoms with van der Waals surface area (Å²) in [6, 6.07) is 5.53. The first kappa shape index (κ1) is 16.1. The Bertz CT molecular complexity index is 595. The largest absolute Gasteiger partial charge is 0.469 e. The summed E-state index contributed by atoms with van der Waals surface area (Å²) in [7, 11) is 3.37. The molecule has 0 spiro atoms. The van der Waals surface area contributed by atoms with E-state index in [0.717, 1.165) is 5.56 Å². The van der Waals surface area contributed by atoms with Gasteiger partial charge in [0.05, 0.1) is 29.2 Å². The summed E-state index contributed by atoms with van der Waals surface area (Å²) in [6.45, 7) is 0. The van der Waals surface area contributed by atoms with Gasteiger partial charge in [-0.2, -0.15) is 0 Å². The van der Waals surface area contributed by atoms with Gasteiger partial charge in [0.2, 0.25) is 0 Å². The minimum Gasteiger partial charge on any atom is -0.469 e. The summed E-state index contributed by atoms with van der Waals surface area (Å²) >= 11 is 12.1. The molecule has 0 unspecified atom stereocenters. The lowest BCUT2D eigenvalue weighted by Crippen LogP contribution is -2.49. The smallest absolute Gasteiger partial charge is 0.310 e. The van der Waals surface area contributed by atoms with Gasteiger partial charge in [-0.05, 0) is 37.6 Å². The first-order valence-corrected chi connectivity index (χ1v) is 8.12. The Balaban J connectivity index is 2.00. The Morgan fingerprint density at radius 1 is 1.27 bits per heavy atom. The highest BCUT2D eigenvalue weighted by atomic mass is 35.5. The predicted molar refractivity (Wildman–Crippen MR) is 85.3 cm³/mol. The molecule has 6 heteroatoms. The number of methoxy groups -OCH3 is 1. The van der Waals surface area contributed by atoms with E-state index >= 15 is 0 Å². The number of aliphatic hydroxyl groups is 1. The van der Waals surface area contributed by atoms with Gasteiger partial charge in [-0.15, -0.1) is 0 Å². The van der Waals surface area contributed by atoms with Crippen LogP contribution in [0.3, 0.4) is 0 Å². The van der Waals surface area contributed by atoms with Crippen molar-refractivity contribution in [2.45, 2.75) is 36.9 Å². The summed E-state index contributed by atoms with van der Waals surface area (Å²) in [5.41, 5.74) is 0.974. The van der Waals surface area contributed by atoms with Crippen LogP contribution in [-0.4, -0.2) is 48.3 Å². The first-order chi connectivity index (χ1) is 10.4. The van der Waals surface area contributed by atoms with Gasteiger partial charge in [0.25, 0.3) is 0 Å². The standard InChI is InChI=1S/C16H19Cl2NO3/c1-19-12-6-9(8-3-4-10(17)11(18)5-8)15(16(21)22-2)13(19)7-14(12)20/h3-5,9,12-15,20H,6-7H2,1-2H3/t9-,12+,13-,14+,15+/m1/s1. The Morgan fingerprint density at radius 3 is 2.64 bits per heavy atom. The number of fused-ring (bicyclic) bond motifs is 2. The molecule has 2 saturated heterocycles. The average Bonchev–Trinajstić information content (AvgIpc) is 2.68. The molecule has 0 aliphatic carbocycles. The second kappa shape index (κ2) is 6.00. The molecule has 2 heterocycles. The molecule has 2 aliphatic heterocycles.